The number of ether oxygens (including phenoxy) is 2. The third-order valence-corrected chi connectivity index (χ3v) is 4.52. The SMILES string of the molecule is Nc1cccnc1C(=O)Nc1ccc2c(OCC3CCOC3)nccc2c1. The summed E-state index contributed by atoms with van der Waals surface area (Å²) in [6, 6.07) is 10.8. The minimum atomic E-state index is -0.348. The summed E-state index contributed by atoms with van der Waals surface area (Å²) in [6.07, 6.45) is 4.25. The molecule has 3 aromatic rings. The highest BCUT2D eigenvalue weighted by Gasteiger charge is 2.17. The minimum absolute atomic E-state index is 0.204. The van der Waals surface area contributed by atoms with E-state index in [9.17, 15) is 4.79 Å². The Morgan fingerprint density at radius 3 is 3.00 bits per heavy atom. The number of hydrogen-bond acceptors (Lipinski definition) is 6. The van der Waals surface area contributed by atoms with Crippen molar-refractivity contribution in [3.8, 4) is 5.88 Å². The van der Waals surface area contributed by atoms with Gasteiger partial charge >= 0.3 is 0 Å². The Kier molecular flexibility index (Phi) is 4.84. The van der Waals surface area contributed by atoms with Crippen LogP contribution in [0.1, 0.15) is 16.9 Å². The normalized spacial score (nSPS) is 16.4. The van der Waals surface area contributed by atoms with E-state index in [0.29, 0.717) is 29.8 Å². The second kappa shape index (κ2) is 7.59. The van der Waals surface area contributed by atoms with Crippen LogP contribution in [0.3, 0.4) is 0 Å². The van der Waals surface area contributed by atoms with Crippen LogP contribution in [0.25, 0.3) is 10.8 Å². The molecular weight excluding hydrogens is 344 g/mol. The number of aromatic nitrogens is 2. The van der Waals surface area contributed by atoms with Crippen LogP contribution in [0.2, 0.25) is 0 Å². The van der Waals surface area contributed by atoms with E-state index in [1.54, 1.807) is 18.3 Å². The Morgan fingerprint density at radius 2 is 2.19 bits per heavy atom. The molecule has 1 amide bonds. The highest BCUT2D eigenvalue weighted by atomic mass is 16.5. The van der Waals surface area contributed by atoms with Gasteiger partial charge in [0.1, 0.15) is 0 Å². The molecule has 138 valence electrons. The van der Waals surface area contributed by atoms with E-state index in [-0.39, 0.29) is 11.6 Å². The number of hydrogen-bond donors (Lipinski definition) is 2. The molecule has 0 bridgehead atoms. The lowest BCUT2D eigenvalue weighted by Crippen LogP contribution is -2.15. The molecule has 0 radical (unpaired) electrons. The van der Waals surface area contributed by atoms with Crippen LogP contribution in [-0.2, 0) is 4.74 Å². The van der Waals surface area contributed by atoms with E-state index >= 15 is 0 Å². The van der Waals surface area contributed by atoms with Crippen molar-refractivity contribution >= 4 is 28.1 Å². The summed E-state index contributed by atoms with van der Waals surface area (Å²) in [7, 11) is 0. The van der Waals surface area contributed by atoms with Crippen molar-refractivity contribution < 1.29 is 14.3 Å². The number of benzene rings is 1. The first-order valence-electron chi connectivity index (χ1n) is 8.82. The molecule has 2 aromatic heterocycles. The molecular formula is C20H20N4O3. The van der Waals surface area contributed by atoms with Gasteiger partial charge in [-0.15, -0.1) is 0 Å². The van der Waals surface area contributed by atoms with Crippen molar-refractivity contribution in [2.45, 2.75) is 6.42 Å². The fourth-order valence-electron chi connectivity index (χ4n) is 3.05. The third-order valence-electron chi connectivity index (χ3n) is 4.52. The maximum absolute atomic E-state index is 12.4. The zero-order valence-corrected chi connectivity index (χ0v) is 14.7. The van der Waals surface area contributed by atoms with Crippen molar-refractivity contribution in [2.75, 3.05) is 30.9 Å². The first-order valence-corrected chi connectivity index (χ1v) is 8.82. The molecule has 7 nitrogen and oxygen atoms in total. The molecule has 7 heteroatoms. The summed E-state index contributed by atoms with van der Waals surface area (Å²) in [5.41, 5.74) is 7.01. The topological polar surface area (TPSA) is 99.4 Å². The molecule has 3 N–H and O–H groups in total. The summed E-state index contributed by atoms with van der Waals surface area (Å²) >= 11 is 0. The number of fused-ring (bicyclic) bond motifs is 1. The largest absolute Gasteiger partial charge is 0.477 e. The number of pyridine rings is 2. The lowest BCUT2D eigenvalue weighted by atomic mass is 10.1. The van der Waals surface area contributed by atoms with Gasteiger partial charge in [-0.25, -0.2) is 9.97 Å². The van der Waals surface area contributed by atoms with Gasteiger partial charge in [-0.1, -0.05) is 0 Å². The van der Waals surface area contributed by atoms with Crippen molar-refractivity contribution in [1.29, 1.82) is 0 Å². The van der Waals surface area contributed by atoms with Crippen LogP contribution in [0, 0.1) is 5.92 Å². The Labute approximate surface area is 156 Å². The number of nitrogens with two attached hydrogens (primary N) is 1. The van der Waals surface area contributed by atoms with Crippen LogP contribution in [-0.4, -0.2) is 35.7 Å². The zero-order valence-electron chi connectivity index (χ0n) is 14.7. The molecule has 27 heavy (non-hydrogen) atoms. The van der Waals surface area contributed by atoms with Gasteiger partial charge in [0.05, 0.1) is 18.9 Å². The molecule has 0 spiro atoms. The molecule has 0 aliphatic carbocycles. The van der Waals surface area contributed by atoms with Crippen LogP contribution in [0.15, 0.2) is 48.8 Å². The second-order valence-corrected chi connectivity index (χ2v) is 6.49. The Morgan fingerprint density at radius 1 is 1.26 bits per heavy atom. The summed E-state index contributed by atoms with van der Waals surface area (Å²) in [4.78, 5) is 20.8. The minimum Gasteiger partial charge on any atom is -0.477 e. The lowest BCUT2D eigenvalue weighted by molar-refractivity contribution is 0.102. The van der Waals surface area contributed by atoms with Crippen molar-refractivity contribution in [3.05, 3.63) is 54.5 Å². The highest BCUT2D eigenvalue weighted by molar-refractivity contribution is 6.07. The molecule has 1 aliphatic heterocycles. The quantitative estimate of drug-likeness (QED) is 0.722. The Hall–Kier alpha value is -3.19. The van der Waals surface area contributed by atoms with E-state index in [2.05, 4.69) is 15.3 Å². The number of carbonyl (C=O) groups excluding carboxylic acids is 1. The van der Waals surface area contributed by atoms with Gasteiger partial charge in [0.2, 0.25) is 5.88 Å². The molecule has 1 atom stereocenters. The van der Waals surface area contributed by atoms with E-state index < -0.39 is 0 Å². The van der Waals surface area contributed by atoms with Gasteiger partial charge in [-0.05, 0) is 48.2 Å². The Balaban J connectivity index is 1.52. The smallest absolute Gasteiger partial charge is 0.276 e. The number of nitrogens with one attached hydrogen (secondary N) is 1. The van der Waals surface area contributed by atoms with Crippen LogP contribution < -0.4 is 15.8 Å². The fraction of sp³-hybridized carbons (Fsp3) is 0.250. The lowest BCUT2D eigenvalue weighted by Gasteiger charge is -2.12. The van der Waals surface area contributed by atoms with Gasteiger partial charge in [-0.3, -0.25) is 4.79 Å². The molecule has 1 unspecified atom stereocenters. The number of anilines is 2. The Bertz CT molecular complexity index is 970. The summed E-state index contributed by atoms with van der Waals surface area (Å²) in [6.45, 7) is 2.11. The van der Waals surface area contributed by atoms with Crippen LogP contribution >= 0.6 is 0 Å². The molecule has 1 saturated heterocycles. The van der Waals surface area contributed by atoms with Gasteiger partial charge in [0.15, 0.2) is 5.69 Å². The van der Waals surface area contributed by atoms with E-state index in [4.69, 9.17) is 15.2 Å². The molecule has 3 heterocycles. The maximum atomic E-state index is 12.4. The van der Waals surface area contributed by atoms with Gasteiger partial charge in [0.25, 0.3) is 5.91 Å². The highest BCUT2D eigenvalue weighted by Crippen LogP contribution is 2.27. The van der Waals surface area contributed by atoms with E-state index in [0.717, 1.165) is 30.4 Å². The van der Waals surface area contributed by atoms with Crippen molar-refractivity contribution in [3.63, 3.8) is 0 Å². The van der Waals surface area contributed by atoms with Crippen LogP contribution in [0.4, 0.5) is 11.4 Å². The number of nitrogens with zero attached hydrogens (tertiary/aromatic N) is 2. The van der Waals surface area contributed by atoms with Gasteiger partial charge in [-0.2, -0.15) is 0 Å². The molecule has 0 saturated carbocycles. The number of carbonyl (C=O) groups is 1. The summed E-state index contributed by atoms with van der Waals surface area (Å²) < 4.78 is 11.3. The average molecular weight is 364 g/mol. The maximum Gasteiger partial charge on any atom is 0.276 e. The summed E-state index contributed by atoms with van der Waals surface area (Å²) in [5.74, 6) is 0.648. The third kappa shape index (κ3) is 3.83. The average Bonchev–Trinajstić information content (AvgIpc) is 3.20. The zero-order chi connectivity index (χ0) is 18.6. The summed E-state index contributed by atoms with van der Waals surface area (Å²) in [5, 5.41) is 4.65. The van der Waals surface area contributed by atoms with E-state index in [1.807, 2.05) is 24.3 Å². The number of rotatable bonds is 5. The number of nitrogen functional groups attached to an aromatic ring is 1. The second-order valence-electron chi connectivity index (χ2n) is 6.49. The van der Waals surface area contributed by atoms with Gasteiger partial charge < -0.3 is 20.5 Å². The first-order chi connectivity index (χ1) is 13.2. The van der Waals surface area contributed by atoms with Crippen LogP contribution in [0.5, 0.6) is 5.88 Å². The monoisotopic (exact) mass is 364 g/mol. The van der Waals surface area contributed by atoms with Crippen molar-refractivity contribution in [2.24, 2.45) is 5.92 Å². The van der Waals surface area contributed by atoms with Crippen molar-refractivity contribution in [1.82, 2.24) is 9.97 Å². The standard InChI is InChI=1S/C20H20N4O3/c21-17-2-1-7-22-18(17)19(25)24-15-3-4-16-14(10-15)5-8-23-20(16)27-12-13-6-9-26-11-13/h1-5,7-8,10,13H,6,9,11-12,21H2,(H,24,25). The predicted molar refractivity (Wildman–Crippen MR) is 103 cm³/mol. The first kappa shape index (κ1) is 17.2. The molecule has 1 aromatic carbocycles. The number of amides is 1. The van der Waals surface area contributed by atoms with Gasteiger partial charge in [0, 0.05) is 36.0 Å². The molecule has 4 rings (SSSR count). The predicted octanol–water partition coefficient (Wildman–Crippen LogP) is 2.88. The molecule has 1 aliphatic rings. The van der Waals surface area contributed by atoms with E-state index in [1.165, 1.54) is 6.20 Å². The fourth-order valence-corrected chi connectivity index (χ4v) is 3.05. The molecule has 1 fully saturated rings.